The smallest absolute Gasteiger partial charge is 0.251 e. The molecule has 0 aliphatic heterocycles. The number of aromatic amines is 1. The van der Waals surface area contributed by atoms with E-state index in [1.165, 1.54) is 24.5 Å². The van der Waals surface area contributed by atoms with E-state index in [0.717, 1.165) is 27.5 Å². The Labute approximate surface area is 162 Å². The van der Waals surface area contributed by atoms with Gasteiger partial charge in [0.15, 0.2) is 10.3 Å². The van der Waals surface area contributed by atoms with Crippen molar-refractivity contribution >= 4 is 50.3 Å². The van der Waals surface area contributed by atoms with Gasteiger partial charge in [-0.05, 0) is 24.6 Å². The van der Waals surface area contributed by atoms with Crippen molar-refractivity contribution in [2.45, 2.75) is 18.5 Å². The number of hydrogen-bond acceptors (Lipinski definition) is 7. The summed E-state index contributed by atoms with van der Waals surface area (Å²) >= 11 is 2.49. The molecule has 8 nitrogen and oxygen atoms in total. The number of aryl methyl sites for hydroxylation is 1. The van der Waals surface area contributed by atoms with Gasteiger partial charge in [-0.3, -0.25) is 14.4 Å². The first-order chi connectivity index (χ1) is 12.9. The van der Waals surface area contributed by atoms with Gasteiger partial charge in [0.1, 0.15) is 0 Å². The summed E-state index contributed by atoms with van der Waals surface area (Å²) in [6.45, 7) is 2.00. The molecule has 27 heavy (non-hydrogen) atoms. The largest absolute Gasteiger partial charge is 0.359 e. The van der Waals surface area contributed by atoms with Gasteiger partial charge in [0.25, 0.3) is 5.56 Å². The minimum absolute atomic E-state index is 0.00526. The molecule has 0 fully saturated rings. The molecule has 1 aromatic carbocycles. The van der Waals surface area contributed by atoms with Crippen molar-refractivity contribution in [1.29, 1.82) is 0 Å². The summed E-state index contributed by atoms with van der Waals surface area (Å²) in [5, 5.41) is 6.04. The van der Waals surface area contributed by atoms with E-state index in [2.05, 4.69) is 25.6 Å². The maximum Gasteiger partial charge on any atom is 0.251 e. The Morgan fingerprint density at radius 3 is 2.81 bits per heavy atom. The summed E-state index contributed by atoms with van der Waals surface area (Å²) < 4.78 is 1.01. The van der Waals surface area contributed by atoms with Crippen LogP contribution in [0.1, 0.15) is 11.3 Å². The molecule has 2 heterocycles. The van der Waals surface area contributed by atoms with Crippen LogP contribution in [0.3, 0.4) is 0 Å². The molecule has 0 atom stereocenters. The van der Waals surface area contributed by atoms with Crippen LogP contribution in [0.5, 0.6) is 0 Å². The van der Waals surface area contributed by atoms with Crippen LogP contribution in [0, 0.1) is 6.92 Å². The maximum atomic E-state index is 12.2. The number of nitrogens with zero attached hydrogens (tertiary/aromatic N) is 2. The summed E-state index contributed by atoms with van der Waals surface area (Å²) in [6.07, 6.45) is 0.00526. The number of likely N-dealkylation sites (N-methyl/N-ethyl adjacent to an activating group) is 1. The second kappa shape index (κ2) is 8.31. The molecule has 0 saturated carbocycles. The first kappa shape index (κ1) is 19.1. The molecule has 0 aliphatic carbocycles. The molecule has 0 unspecified atom stereocenters. The fourth-order valence-electron chi connectivity index (χ4n) is 2.27. The second-order valence-corrected chi connectivity index (χ2v) is 7.71. The summed E-state index contributed by atoms with van der Waals surface area (Å²) in [7, 11) is 1.51. The van der Waals surface area contributed by atoms with E-state index in [1.807, 2.05) is 25.1 Å². The summed E-state index contributed by atoms with van der Waals surface area (Å²) in [4.78, 5) is 46.4. The highest BCUT2D eigenvalue weighted by atomic mass is 32.2. The number of hydrogen-bond donors (Lipinski definition) is 3. The van der Waals surface area contributed by atoms with Crippen LogP contribution in [0.2, 0.25) is 0 Å². The van der Waals surface area contributed by atoms with Crippen molar-refractivity contribution < 1.29 is 9.59 Å². The number of nitrogens with one attached hydrogen (secondary N) is 3. The number of benzene rings is 1. The molecule has 140 valence electrons. The standard InChI is InChI=1S/C17H17N5O3S2/c1-9-3-4-11-12(5-9)27-17(20-11)22-15(25)8-26-16-19-10(6-13(23)18-2)7-14(24)21-16/h3-5,7H,6,8H2,1-2H3,(H,18,23)(H,19,21,24)(H,20,22,25). The first-order valence-corrected chi connectivity index (χ1v) is 9.84. The number of thioether (sulfide) groups is 1. The van der Waals surface area contributed by atoms with Gasteiger partial charge < -0.3 is 15.6 Å². The third-order valence-corrected chi connectivity index (χ3v) is 5.33. The van der Waals surface area contributed by atoms with Gasteiger partial charge in [-0.15, -0.1) is 0 Å². The average molecular weight is 403 g/mol. The summed E-state index contributed by atoms with van der Waals surface area (Å²) in [6, 6.07) is 7.17. The van der Waals surface area contributed by atoms with Crippen molar-refractivity contribution in [3.8, 4) is 0 Å². The number of aromatic nitrogens is 3. The number of carbonyl (C=O) groups excluding carboxylic acids is 2. The zero-order valence-electron chi connectivity index (χ0n) is 14.7. The Hall–Kier alpha value is -2.72. The number of H-pyrrole nitrogens is 1. The Morgan fingerprint density at radius 1 is 1.22 bits per heavy atom. The van der Waals surface area contributed by atoms with Gasteiger partial charge in [0.2, 0.25) is 11.8 Å². The van der Waals surface area contributed by atoms with Gasteiger partial charge >= 0.3 is 0 Å². The van der Waals surface area contributed by atoms with Crippen LogP contribution in [-0.2, 0) is 16.0 Å². The predicted molar refractivity (Wildman–Crippen MR) is 106 cm³/mol. The molecule has 0 bridgehead atoms. The van der Waals surface area contributed by atoms with E-state index in [-0.39, 0.29) is 34.7 Å². The second-order valence-electron chi connectivity index (χ2n) is 5.72. The molecule has 0 aliphatic rings. The zero-order valence-corrected chi connectivity index (χ0v) is 16.3. The van der Waals surface area contributed by atoms with Gasteiger partial charge in [0.05, 0.1) is 28.1 Å². The minimum Gasteiger partial charge on any atom is -0.359 e. The van der Waals surface area contributed by atoms with Crippen molar-refractivity contribution in [3.05, 3.63) is 45.9 Å². The highest BCUT2D eigenvalue weighted by Gasteiger charge is 2.11. The quantitative estimate of drug-likeness (QED) is 0.426. The fourth-order valence-corrected chi connectivity index (χ4v) is 3.94. The van der Waals surface area contributed by atoms with E-state index in [9.17, 15) is 14.4 Å². The van der Waals surface area contributed by atoms with Crippen LogP contribution >= 0.6 is 23.1 Å². The highest BCUT2D eigenvalue weighted by Crippen LogP contribution is 2.26. The average Bonchev–Trinajstić information content (AvgIpc) is 3.00. The van der Waals surface area contributed by atoms with E-state index in [4.69, 9.17) is 0 Å². The number of carbonyl (C=O) groups is 2. The van der Waals surface area contributed by atoms with Crippen molar-refractivity contribution in [2.24, 2.45) is 0 Å². The summed E-state index contributed by atoms with van der Waals surface area (Å²) in [5.41, 5.74) is 1.95. The Bertz CT molecular complexity index is 1060. The molecule has 3 rings (SSSR count). The van der Waals surface area contributed by atoms with Crippen molar-refractivity contribution in [3.63, 3.8) is 0 Å². The SMILES string of the molecule is CNC(=O)Cc1cc(=O)[nH]c(SCC(=O)Nc2nc3ccc(C)cc3s2)n1. The Balaban J connectivity index is 1.62. The zero-order chi connectivity index (χ0) is 19.4. The predicted octanol–water partition coefficient (Wildman–Crippen LogP) is 1.71. The van der Waals surface area contributed by atoms with E-state index < -0.39 is 0 Å². The van der Waals surface area contributed by atoms with Crippen molar-refractivity contribution in [1.82, 2.24) is 20.3 Å². The van der Waals surface area contributed by atoms with E-state index >= 15 is 0 Å². The lowest BCUT2D eigenvalue weighted by molar-refractivity contribution is -0.120. The number of fused-ring (bicyclic) bond motifs is 1. The number of anilines is 1. The van der Waals surface area contributed by atoms with E-state index in [1.54, 1.807) is 0 Å². The fraction of sp³-hybridized carbons (Fsp3) is 0.235. The third-order valence-electron chi connectivity index (χ3n) is 3.52. The molecule has 2 aromatic heterocycles. The van der Waals surface area contributed by atoms with Crippen LogP contribution in [0.4, 0.5) is 5.13 Å². The molecule has 0 saturated heterocycles. The maximum absolute atomic E-state index is 12.2. The topological polar surface area (TPSA) is 117 Å². The number of rotatable bonds is 6. The van der Waals surface area contributed by atoms with Gasteiger partial charge in [-0.2, -0.15) is 0 Å². The number of amides is 2. The van der Waals surface area contributed by atoms with Gasteiger partial charge in [0, 0.05) is 13.1 Å². The third kappa shape index (κ3) is 5.14. The molecule has 2 amide bonds. The highest BCUT2D eigenvalue weighted by molar-refractivity contribution is 7.99. The van der Waals surface area contributed by atoms with Gasteiger partial charge in [-0.1, -0.05) is 29.2 Å². The normalized spacial score (nSPS) is 10.7. The lowest BCUT2D eigenvalue weighted by Crippen LogP contribution is -2.22. The van der Waals surface area contributed by atoms with Crippen LogP contribution < -0.4 is 16.2 Å². The van der Waals surface area contributed by atoms with Crippen LogP contribution in [-0.4, -0.2) is 39.6 Å². The molecule has 10 heteroatoms. The molecular formula is C17H17N5O3S2. The molecule has 0 spiro atoms. The van der Waals surface area contributed by atoms with Crippen LogP contribution in [0.15, 0.2) is 34.2 Å². The monoisotopic (exact) mass is 403 g/mol. The molecule has 3 N–H and O–H groups in total. The lowest BCUT2D eigenvalue weighted by atomic mass is 10.2. The molecule has 3 aromatic rings. The Morgan fingerprint density at radius 2 is 2.04 bits per heavy atom. The Kier molecular flexibility index (Phi) is 5.87. The number of thiazole rings is 1. The van der Waals surface area contributed by atoms with Crippen LogP contribution in [0.25, 0.3) is 10.2 Å². The molecule has 0 radical (unpaired) electrons. The van der Waals surface area contributed by atoms with Crippen molar-refractivity contribution in [2.75, 3.05) is 18.1 Å². The summed E-state index contributed by atoms with van der Waals surface area (Å²) in [5.74, 6) is -0.440. The minimum atomic E-state index is -0.367. The van der Waals surface area contributed by atoms with Gasteiger partial charge in [-0.25, -0.2) is 9.97 Å². The molecular weight excluding hydrogens is 386 g/mol. The van der Waals surface area contributed by atoms with E-state index in [0.29, 0.717) is 10.8 Å². The first-order valence-electron chi connectivity index (χ1n) is 8.03. The lowest BCUT2D eigenvalue weighted by Gasteiger charge is -2.04.